The maximum atomic E-state index is 10.7. The minimum absolute atomic E-state index is 1.36. The molecule has 0 unspecified atom stereocenters. The van der Waals surface area contributed by atoms with Crippen LogP contribution in [0.1, 0.15) is 58.3 Å². The van der Waals surface area contributed by atoms with Gasteiger partial charge in [-0.3, -0.25) is 4.55 Å². The molecule has 0 aromatic rings. The number of rotatable bonds is 6. The van der Waals surface area contributed by atoms with Gasteiger partial charge in [-0.05, 0) is 38.9 Å². The van der Waals surface area contributed by atoms with E-state index in [0.717, 1.165) is 0 Å². The molecule has 21 heavy (non-hydrogen) atoms. The van der Waals surface area contributed by atoms with E-state index in [0.29, 0.717) is 0 Å². The zero-order valence-electron chi connectivity index (χ0n) is 12.5. The van der Waals surface area contributed by atoms with Crippen LogP contribution in [0, 0.1) is 0 Å². The number of hydrogen-bond donors (Lipinski definition) is 1. The van der Waals surface area contributed by atoms with Gasteiger partial charge in [-0.25, -0.2) is 0 Å². The van der Waals surface area contributed by atoms with Crippen molar-refractivity contribution in [1.29, 1.82) is 0 Å². The molecule has 8 heteroatoms. The van der Waals surface area contributed by atoms with Gasteiger partial charge in [0.25, 0.3) is 0 Å². The third-order valence-electron chi connectivity index (χ3n) is 3.32. The quantitative estimate of drug-likeness (QED) is 0.456. The summed E-state index contributed by atoms with van der Waals surface area (Å²) in [5.74, 6) is 0. The summed E-state index contributed by atoms with van der Waals surface area (Å²) in [5, 5.41) is 0. The Hall–Kier alpha value is -0.340. The largest absolute Gasteiger partial charge is 0.522 e. The molecule has 0 aromatic carbocycles. The Kier molecular flexibility index (Phi) is 10.2. The van der Waals surface area contributed by atoms with Gasteiger partial charge in [0.05, 0.1) is 0 Å². The Morgan fingerprint density at radius 2 is 1.48 bits per heavy atom. The van der Waals surface area contributed by atoms with E-state index in [1.54, 1.807) is 0 Å². The summed E-state index contributed by atoms with van der Waals surface area (Å²) >= 11 is 0. The Morgan fingerprint density at radius 1 is 1.00 bits per heavy atom. The minimum Gasteiger partial charge on any atom is -0.303 e. The molecule has 0 aromatic heterocycles. The predicted molar refractivity (Wildman–Crippen MR) is 76.7 cm³/mol. The van der Waals surface area contributed by atoms with Crippen molar-refractivity contribution in [2.75, 3.05) is 19.6 Å². The maximum Gasteiger partial charge on any atom is 0.522 e. The number of halogens is 3. The number of nitrogens with zero attached hydrogens (tertiary/aromatic N) is 1. The lowest BCUT2D eigenvalue weighted by atomic mass is 10.1. The first-order valence-electron chi connectivity index (χ1n) is 7.44. The van der Waals surface area contributed by atoms with Crippen LogP contribution in [-0.4, -0.2) is 43.0 Å². The molecule has 0 spiro atoms. The number of alkyl halides is 3. The molecule has 0 radical (unpaired) electrons. The van der Waals surface area contributed by atoms with Crippen LogP contribution in [0.5, 0.6) is 0 Å². The fraction of sp³-hybridized carbons (Fsp3) is 1.00. The van der Waals surface area contributed by atoms with Crippen LogP contribution in [0.3, 0.4) is 0 Å². The lowest BCUT2D eigenvalue weighted by Crippen LogP contribution is -2.30. The molecule has 1 rings (SSSR count). The van der Waals surface area contributed by atoms with Gasteiger partial charge in [0.15, 0.2) is 0 Å². The molecule has 1 aliphatic rings. The van der Waals surface area contributed by atoms with Gasteiger partial charge in [0.2, 0.25) is 0 Å². The fourth-order valence-corrected chi connectivity index (χ4v) is 2.12. The predicted octanol–water partition coefficient (Wildman–Crippen LogP) is 3.84. The smallest absolute Gasteiger partial charge is 0.303 e. The van der Waals surface area contributed by atoms with Crippen LogP contribution in [0.25, 0.3) is 0 Å². The van der Waals surface area contributed by atoms with Crippen molar-refractivity contribution in [3.8, 4) is 0 Å². The molecule has 1 heterocycles. The third-order valence-corrected chi connectivity index (χ3v) is 3.90. The Balaban J connectivity index is 0.000000433. The van der Waals surface area contributed by atoms with E-state index < -0.39 is 15.6 Å². The molecule has 128 valence electrons. The highest BCUT2D eigenvalue weighted by Crippen LogP contribution is 2.20. The van der Waals surface area contributed by atoms with E-state index in [2.05, 4.69) is 11.8 Å². The molecule has 1 aliphatic heterocycles. The molecule has 0 saturated carbocycles. The summed E-state index contributed by atoms with van der Waals surface area (Å²) in [7, 11) is -5.84. The second-order valence-corrected chi connectivity index (χ2v) is 6.65. The summed E-state index contributed by atoms with van der Waals surface area (Å²) in [5.41, 5.74) is -5.53. The van der Waals surface area contributed by atoms with Crippen molar-refractivity contribution < 1.29 is 26.1 Å². The lowest BCUT2D eigenvalue weighted by molar-refractivity contribution is -0.0510. The molecular weight excluding hydrogens is 307 g/mol. The minimum atomic E-state index is -5.84. The van der Waals surface area contributed by atoms with Crippen LogP contribution in [0.2, 0.25) is 0 Å². The van der Waals surface area contributed by atoms with E-state index in [4.69, 9.17) is 13.0 Å². The second-order valence-electron chi connectivity index (χ2n) is 5.24. The van der Waals surface area contributed by atoms with Gasteiger partial charge >= 0.3 is 15.6 Å². The van der Waals surface area contributed by atoms with E-state index >= 15 is 0 Å². The standard InChI is InChI=1S/C12H25N.CHF3O3S/c1-2-3-4-5-7-10-13-11-8-6-9-12-13;2-1(3,4)8(5,6)7/h2-12H2,1H3;(H,5,6,7). The summed E-state index contributed by atoms with van der Waals surface area (Å²) in [6, 6.07) is 0. The van der Waals surface area contributed by atoms with Crippen molar-refractivity contribution in [1.82, 2.24) is 4.90 Å². The summed E-state index contributed by atoms with van der Waals surface area (Å²) in [6.45, 7) is 6.38. The van der Waals surface area contributed by atoms with Gasteiger partial charge < -0.3 is 4.90 Å². The monoisotopic (exact) mass is 333 g/mol. The normalized spacial score (nSPS) is 17.2. The van der Waals surface area contributed by atoms with Crippen LogP contribution >= 0.6 is 0 Å². The molecule has 1 N–H and O–H groups in total. The van der Waals surface area contributed by atoms with Crippen LogP contribution in [-0.2, 0) is 10.1 Å². The first-order valence-corrected chi connectivity index (χ1v) is 8.88. The highest BCUT2D eigenvalue weighted by atomic mass is 32.2. The first kappa shape index (κ1) is 20.7. The van der Waals surface area contributed by atoms with Crippen LogP contribution in [0.15, 0.2) is 0 Å². The van der Waals surface area contributed by atoms with Gasteiger partial charge in [-0.2, -0.15) is 21.6 Å². The van der Waals surface area contributed by atoms with Gasteiger partial charge in [0, 0.05) is 0 Å². The van der Waals surface area contributed by atoms with Crippen molar-refractivity contribution in [3.05, 3.63) is 0 Å². The van der Waals surface area contributed by atoms with Crippen molar-refractivity contribution >= 4 is 10.1 Å². The van der Waals surface area contributed by atoms with Gasteiger partial charge in [-0.15, -0.1) is 0 Å². The molecule has 1 fully saturated rings. The highest BCUT2D eigenvalue weighted by molar-refractivity contribution is 7.86. The maximum absolute atomic E-state index is 10.7. The first-order chi connectivity index (χ1) is 9.68. The van der Waals surface area contributed by atoms with E-state index in [1.807, 2.05) is 0 Å². The number of unbranched alkanes of at least 4 members (excludes halogenated alkanes) is 4. The lowest BCUT2D eigenvalue weighted by Gasteiger charge is -2.26. The molecule has 1 saturated heterocycles. The van der Waals surface area contributed by atoms with Crippen LogP contribution < -0.4 is 0 Å². The number of piperidine rings is 1. The molecular formula is C13H26F3NO3S. The Bertz CT molecular complexity index is 352. The average Bonchev–Trinajstić information content (AvgIpc) is 2.38. The molecule has 0 atom stereocenters. The van der Waals surface area contributed by atoms with Gasteiger partial charge in [0.1, 0.15) is 0 Å². The zero-order valence-corrected chi connectivity index (χ0v) is 13.3. The fourth-order valence-electron chi connectivity index (χ4n) is 2.12. The SMILES string of the molecule is CCCCCCCN1CCCCC1.O=S(=O)(O)C(F)(F)F. The van der Waals surface area contributed by atoms with E-state index in [1.165, 1.54) is 71.0 Å². The van der Waals surface area contributed by atoms with Gasteiger partial charge in [-0.1, -0.05) is 39.0 Å². The Labute approximate surface area is 125 Å². The third kappa shape index (κ3) is 11.0. The highest BCUT2D eigenvalue weighted by Gasteiger charge is 2.44. The number of likely N-dealkylation sites (tertiary alicyclic amines) is 1. The topological polar surface area (TPSA) is 57.6 Å². The molecule has 0 bridgehead atoms. The summed E-state index contributed by atoms with van der Waals surface area (Å²) < 4.78 is 57.5. The zero-order chi connectivity index (χ0) is 16.4. The summed E-state index contributed by atoms with van der Waals surface area (Å²) in [4.78, 5) is 2.65. The van der Waals surface area contributed by atoms with Crippen molar-refractivity contribution in [2.45, 2.75) is 63.8 Å². The Morgan fingerprint density at radius 3 is 1.90 bits per heavy atom. The second kappa shape index (κ2) is 10.4. The molecule has 4 nitrogen and oxygen atoms in total. The van der Waals surface area contributed by atoms with E-state index in [9.17, 15) is 13.2 Å². The molecule has 0 aliphatic carbocycles. The molecule has 0 amide bonds. The van der Waals surface area contributed by atoms with Crippen molar-refractivity contribution in [2.24, 2.45) is 0 Å². The van der Waals surface area contributed by atoms with E-state index in [-0.39, 0.29) is 0 Å². The van der Waals surface area contributed by atoms with Crippen LogP contribution in [0.4, 0.5) is 13.2 Å². The average molecular weight is 333 g/mol. The summed E-state index contributed by atoms with van der Waals surface area (Å²) in [6.07, 6.45) is 11.5. The van der Waals surface area contributed by atoms with Crippen molar-refractivity contribution in [3.63, 3.8) is 0 Å². The number of hydrogen-bond acceptors (Lipinski definition) is 3.